The Kier molecular flexibility index (Phi) is 8.57. The molecule has 3 aromatic rings. The van der Waals surface area contributed by atoms with E-state index in [2.05, 4.69) is 15.6 Å². The number of nitrogens with one attached hydrogen (secondary N) is 2. The van der Waals surface area contributed by atoms with Crippen LogP contribution in [0.1, 0.15) is 12.5 Å². The highest BCUT2D eigenvalue weighted by molar-refractivity contribution is 5.92. The molecule has 2 heterocycles. The van der Waals surface area contributed by atoms with Crippen LogP contribution in [0.5, 0.6) is 0 Å². The van der Waals surface area contributed by atoms with Gasteiger partial charge in [-0.15, -0.1) is 0 Å². The van der Waals surface area contributed by atoms with Gasteiger partial charge in [-0.2, -0.15) is 0 Å². The number of hydrogen-bond acceptors (Lipinski definition) is 6. The van der Waals surface area contributed by atoms with Crippen molar-refractivity contribution in [2.45, 2.75) is 6.92 Å². The third-order valence-corrected chi connectivity index (χ3v) is 5.94. The Morgan fingerprint density at radius 3 is 2.39 bits per heavy atom. The van der Waals surface area contributed by atoms with E-state index in [1.54, 1.807) is 4.90 Å². The van der Waals surface area contributed by atoms with E-state index in [1.807, 2.05) is 41.3 Å². The first-order valence-electron chi connectivity index (χ1n) is 12.1. The van der Waals surface area contributed by atoms with Crippen molar-refractivity contribution in [3.63, 3.8) is 0 Å². The Bertz CT molecular complexity index is 1330. The summed E-state index contributed by atoms with van der Waals surface area (Å²) in [6, 6.07) is 13.3. The molecule has 1 aliphatic rings. The molecule has 1 aliphatic heterocycles. The lowest BCUT2D eigenvalue weighted by Crippen LogP contribution is -2.48. The van der Waals surface area contributed by atoms with E-state index in [9.17, 15) is 22.8 Å². The Balaban J connectivity index is 1.44. The second-order valence-corrected chi connectivity index (χ2v) is 8.62. The molecule has 0 saturated carbocycles. The summed E-state index contributed by atoms with van der Waals surface area (Å²) >= 11 is 0. The van der Waals surface area contributed by atoms with Gasteiger partial charge >= 0.3 is 0 Å². The second kappa shape index (κ2) is 12.2. The van der Waals surface area contributed by atoms with Crippen molar-refractivity contribution in [2.75, 3.05) is 49.5 Å². The highest BCUT2D eigenvalue weighted by atomic mass is 19.2. The van der Waals surface area contributed by atoms with Gasteiger partial charge in [-0.1, -0.05) is 30.3 Å². The molecule has 0 aliphatic carbocycles. The van der Waals surface area contributed by atoms with Gasteiger partial charge < -0.3 is 20.4 Å². The van der Waals surface area contributed by atoms with Crippen LogP contribution in [0.3, 0.4) is 0 Å². The molecule has 2 N–H and O–H groups in total. The first-order chi connectivity index (χ1) is 18.3. The van der Waals surface area contributed by atoms with Crippen molar-refractivity contribution < 1.29 is 22.8 Å². The summed E-state index contributed by atoms with van der Waals surface area (Å²) in [6.07, 6.45) is 2.29. The van der Waals surface area contributed by atoms with Crippen LogP contribution in [-0.2, 0) is 9.59 Å². The summed E-state index contributed by atoms with van der Waals surface area (Å²) in [5.41, 5.74) is 0.645. The van der Waals surface area contributed by atoms with Crippen molar-refractivity contribution in [1.82, 2.24) is 20.2 Å². The van der Waals surface area contributed by atoms with Crippen molar-refractivity contribution in [3.05, 3.63) is 77.6 Å². The summed E-state index contributed by atoms with van der Waals surface area (Å²) < 4.78 is 40.5. The van der Waals surface area contributed by atoms with E-state index < -0.39 is 17.5 Å². The summed E-state index contributed by atoms with van der Waals surface area (Å²) in [7, 11) is 0. The van der Waals surface area contributed by atoms with E-state index in [0.29, 0.717) is 56.7 Å². The molecule has 2 aromatic carbocycles. The predicted molar refractivity (Wildman–Crippen MR) is 139 cm³/mol. The molecule has 1 aromatic heterocycles. The molecule has 11 heteroatoms. The highest BCUT2D eigenvalue weighted by Gasteiger charge is 2.22. The predicted octanol–water partition coefficient (Wildman–Crippen LogP) is 3.47. The van der Waals surface area contributed by atoms with Crippen LogP contribution in [0.25, 0.3) is 17.5 Å². The van der Waals surface area contributed by atoms with Gasteiger partial charge in [-0.3, -0.25) is 9.59 Å². The largest absolute Gasteiger partial charge is 0.368 e. The minimum absolute atomic E-state index is 0.114. The third-order valence-electron chi connectivity index (χ3n) is 5.94. The Labute approximate surface area is 218 Å². The lowest BCUT2D eigenvalue weighted by atomic mass is 10.1. The molecule has 0 spiro atoms. The van der Waals surface area contributed by atoms with Crippen molar-refractivity contribution in [2.24, 2.45) is 0 Å². The van der Waals surface area contributed by atoms with Crippen LogP contribution in [0.2, 0.25) is 0 Å². The fourth-order valence-electron chi connectivity index (χ4n) is 3.92. The quantitative estimate of drug-likeness (QED) is 0.267. The molecule has 1 fully saturated rings. The van der Waals surface area contributed by atoms with Crippen LogP contribution < -0.4 is 15.5 Å². The number of anilines is 2. The molecule has 38 heavy (non-hydrogen) atoms. The van der Waals surface area contributed by atoms with Gasteiger partial charge in [-0.05, 0) is 18.2 Å². The van der Waals surface area contributed by atoms with Gasteiger partial charge in [0.25, 0.3) is 0 Å². The third kappa shape index (κ3) is 6.67. The Hall–Kier alpha value is -4.41. The molecule has 2 amide bonds. The zero-order valence-electron chi connectivity index (χ0n) is 20.8. The normalized spacial score (nSPS) is 13.6. The lowest BCUT2D eigenvalue weighted by molar-refractivity contribution is -0.126. The molecule has 4 rings (SSSR count). The van der Waals surface area contributed by atoms with E-state index in [-0.39, 0.29) is 17.4 Å². The highest BCUT2D eigenvalue weighted by Crippen LogP contribution is 2.24. The average Bonchev–Trinajstić information content (AvgIpc) is 2.94. The summed E-state index contributed by atoms with van der Waals surface area (Å²) in [4.78, 5) is 36.7. The van der Waals surface area contributed by atoms with Gasteiger partial charge in [0.2, 0.25) is 11.8 Å². The number of amides is 2. The Morgan fingerprint density at radius 2 is 1.68 bits per heavy atom. The second-order valence-electron chi connectivity index (χ2n) is 8.62. The molecule has 0 radical (unpaired) electrons. The first-order valence-corrected chi connectivity index (χ1v) is 12.1. The average molecular weight is 525 g/mol. The molecule has 8 nitrogen and oxygen atoms in total. The number of piperazine rings is 1. The number of hydrogen-bond donors (Lipinski definition) is 2. The topological polar surface area (TPSA) is 90.5 Å². The number of carbonyl (C=O) groups is 2. The molecule has 0 atom stereocenters. The van der Waals surface area contributed by atoms with Gasteiger partial charge in [0, 0.05) is 69.5 Å². The van der Waals surface area contributed by atoms with Crippen molar-refractivity contribution >= 4 is 29.5 Å². The van der Waals surface area contributed by atoms with Gasteiger partial charge in [0.1, 0.15) is 11.6 Å². The standard InChI is InChI=1S/C27H27F3N6O2/c1-18(37)31-11-12-32-22-17-23(34-27(33-22)20-5-3-2-4-6-20)35-13-15-36(16-14-35)24(38)10-8-19-7-9-21(28)26(30)25(19)29/h2-10,17H,11-16H2,1H3,(H,31,37)(H,32,33,34). The Morgan fingerprint density at radius 1 is 0.947 bits per heavy atom. The van der Waals surface area contributed by atoms with Crippen molar-refractivity contribution in [3.8, 4) is 11.4 Å². The summed E-state index contributed by atoms with van der Waals surface area (Å²) in [6.45, 7) is 4.15. The monoisotopic (exact) mass is 524 g/mol. The lowest BCUT2D eigenvalue weighted by Gasteiger charge is -2.35. The minimum atomic E-state index is -1.57. The number of halogens is 3. The first kappa shape index (κ1) is 26.6. The van der Waals surface area contributed by atoms with Gasteiger partial charge in [0.15, 0.2) is 23.3 Å². The molecular formula is C27H27F3N6O2. The van der Waals surface area contributed by atoms with E-state index >= 15 is 0 Å². The fourth-order valence-corrected chi connectivity index (χ4v) is 3.92. The number of nitrogens with zero attached hydrogens (tertiary/aromatic N) is 4. The number of rotatable bonds is 8. The molecular weight excluding hydrogens is 497 g/mol. The zero-order chi connectivity index (χ0) is 27.1. The molecule has 0 bridgehead atoms. The van der Waals surface area contributed by atoms with Gasteiger partial charge in [-0.25, -0.2) is 23.1 Å². The van der Waals surface area contributed by atoms with E-state index in [4.69, 9.17) is 4.98 Å². The number of benzene rings is 2. The zero-order valence-corrected chi connectivity index (χ0v) is 20.8. The molecule has 1 saturated heterocycles. The van der Waals surface area contributed by atoms with Crippen molar-refractivity contribution in [1.29, 1.82) is 0 Å². The SMILES string of the molecule is CC(=O)NCCNc1cc(N2CCN(C(=O)C=Cc3ccc(F)c(F)c3F)CC2)nc(-c2ccccc2)n1. The fraction of sp³-hybridized carbons (Fsp3) is 0.259. The van der Waals surface area contributed by atoms with Gasteiger partial charge in [0.05, 0.1) is 0 Å². The maximum absolute atomic E-state index is 13.9. The maximum atomic E-state index is 13.9. The van der Waals surface area contributed by atoms with Crippen LogP contribution in [-0.4, -0.2) is 66.0 Å². The number of carbonyl (C=O) groups excluding carboxylic acids is 2. The van der Waals surface area contributed by atoms with Crippen LogP contribution in [0.4, 0.5) is 24.8 Å². The van der Waals surface area contributed by atoms with Crippen LogP contribution in [0.15, 0.2) is 54.6 Å². The minimum Gasteiger partial charge on any atom is -0.368 e. The molecule has 0 unspecified atom stereocenters. The van der Waals surface area contributed by atoms with E-state index in [1.165, 1.54) is 6.92 Å². The smallest absolute Gasteiger partial charge is 0.246 e. The van der Waals surface area contributed by atoms with E-state index in [0.717, 1.165) is 29.8 Å². The summed E-state index contributed by atoms with van der Waals surface area (Å²) in [5, 5.41) is 5.94. The van der Waals surface area contributed by atoms with Crippen LogP contribution >= 0.6 is 0 Å². The van der Waals surface area contributed by atoms with Crippen LogP contribution in [0, 0.1) is 17.5 Å². The molecule has 198 valence electrons. The summed E-state index contributed by atoms with van der Waals surface area (Å²) in [5.74, 6) is -2.83. The number of aromatic nitrogens is 2. The maximum Gasteiger partial charge on any atom is 0.246 e.